The summed E-state index contributed by atoms with van der Waals surface area (Å²) in [7, 11) is 0. The Kier molecular flexibility index (Phi) is 191000. The molecule has 1 radical (unpaired) electrons. The zero-order valence-electron chi connectivity index (χ0n) is 3.76. The van der Waals surface area contributed by atoms with Gasteiger partial charge >= 0.3 is 17.1 Å². The van der Waals surface area contributed by atoms with E-state index in [0.29, 0.717) is 0 Å². The van der Waals surface area contributed by atoms with Crippen LogP contribution < -0.4 is 0 Å². The van der Waals surface area contributed by atoms with Crippen molar-refractivity contribution in [1.29, 1.82) is 0 Å². The Hall–Kier alpha value is 0.569. The molecule has 0 amide bonds. The Morgan fingerprint density at radius 1 is 0.375 bits per heavy atom. The Balaban J connectivity index is 0. The average Bonchev–Trinajstić information content (AvgIpc) is 0. The number of hydrogen-bond donors (Lipinski definition) is 0. The second-order valence-corrected chi connectivity index (χ2v) is 0. The molecule has 0 unspecified atom stereocenters. The molecule has 0 spiro atoms. The summed E-state index contributed by atoms with van der Waals surface area (Å²) in [5.41, 5.74) is 0. The van der Waals surface area contributed by atoms with Crippen molar-refractivity contribution < 1.29 is 49.9 Å². The maximum atomic E-state index is 0. The molecule has 0 fully saturated rings. The van der Waals surface area contributed by atoms with Gasteiger partial charge in [-0.15, -0.1) is 12.4 Å². The summed E-state index contributed by atoms with van der Waals surface area (Å²) < 4.78 is 0. The van der Waals surface area contributed by atoms with Gasteiger partial charge in [-0.1, -0.05) is 0 Å². The van der Waals surface area contributed by atoms with E-state index in [1.54, 1.807) is 0 Å². The number of rotatable bonds is 0. The van der Waals surface area contributed by atoms with E-state index in [1.807, 2.05) is 0 Å². The monoisotopic (exact) mass is 200 g/mol. The van der Waals surface area contributed by atoms with Crippen LogP contribution in [0.5, 0.6) is 0 Å². The first-order valence-electron chi connectivity index (χ1n) is 0. The molecule has 0 saturated heterocycles. The molecule has 0 atom stereocenters. The van der Waals surface area contributed by atoms with Crippen LogP contribution in [0.3, 0.4) is 0 Å². The van der Waals surface area contributed by atoms with Gasteiger partial charge in [-0.3, -0.25) is 0 Å². The van der Waals surface area contributed by atoms with Crippen LogP contribution in [0.2, 0.25) is 0 Å². The van der Waals surface area contributed by atoms with Crippen molar-refractivity contribution >= 4 is 12.4 Å². The fourth-order valence-electron chi connectivity index (χ4n) is 0. The van der Waals surface area contributed by atoms with Crippen LogP contribution >= 0.6 is 12.4 Å². The third-order valence-corrected chi connectivity index (χ3v) is 0. The van der Waals surface area contributed by atoms with Gasteiger partial charge in [0.1, 0.15) is 0 Å². The molecule has 0 aliphatic rings. The minimum atomic E-state index is 0. The molecule has 0 aromatic rings. The molecule has 6 nitrogen and oxygen atoms in total. The van der Waals surface area contributed by atoms with E-state index >= 15 is 0 Å². The molecule has 12 N–H and O–H groups in total. The summed E-state index contributed by atoms with van der Waals surface area (Å²) in [6.07, 6.45) is 0. The van der Waals surface area contributed by atoms with Gasteiger partial charge in [0, 0.05) is 0 Å². The van der Waals surface area contributed by atoms with Crippen molar-refractivity contribution in [3.63, 3.8) is 0 Å². The third-order valence-electron chi connectivity index (χ3n) is 0. The first-order chi connectivity index (χ1) is 0. The first-order valence-corrected chi connectivity index (χ1v) is 0. The van der Waals surface area contributed by atoms with Crippen molar-refractivity contribution in [2.75, 3.05) is 0 Å². The molecule has 0 rings (SSSR count). The van der Waals surface area contributed by atoms with Gasteiger partial charge in [-0.25, -0.2) is 0 Å². The van der Waals surface area contributed by atoms with Crippen LogP contribution in [0.25, 0.3) is 0 Å². The largest absolute Gasteiger partial charge is 3.00 e. The predicted molar refractivity (Wildman–Crippen MR) is 28.9 cm³/mol. The molecule has 0 aliphatic carbocycles. The Morgan fingerprint density at radius 3 is 0.375 bits per heavy atom. The maximum Gasteiger partial charge on any atom is 3.00 e. The summed E-state index contributed by atoms with van der Waals surface area (Å²) in [6, 6.07) is 0. The van der Waals surface area contributed by atoms with Crippen molar-refractivity contribution in [3.05, 3.63) is 0 Å². The molecular formula is H13ClFeO6+3. The summed E-state index contributed by atoms with van der Waals surface area (Å²) in [5, 5.41) is 0. The second kappa shape index (κ2) is 1010. The van der Waals surface area contributed by atoms with Crippen molar-refractivity contribution in [2.24, 2.45) is 0 Å². The molecule has 8 heteroatoms. The first kappa shape index (κ1) is 1510. The molecule has 61 valence electrons. The molecule has 0 heterocycles. The van der Waals surface area contributed by atoms with Gasteiger partial charge in [0.2, 0.25) is 0 Å². The summed E-state index contributed by atoms with van der Waals surface area (Å²) in [5.74, 6) is 0. The van der Waals surface area contributed by atoms with Gasteiger partial charge in [-0.05, 0) is 0 Å². The minimum Gasteiger partial charge on any atom is -0.412 e. The summed E-state index contributed by atoms with van der Waals surface area (Å²) >= 11 is 0. The van der Waals surface area contributed by atoms with Crippen molar-refractivity contribution in [1.82, 2.24) is 0 Å². The zero-order chi connectivity index (χ0) is 0. The van der Waals surface area contributed by atoms with E-state index < -0.39 is 0 Å². The normalized spacial score (nSPS) is 0. The molecule has 0 aromatic carbocycles. The molecular weight excluding hydrogens is 187 g/mol. The molecule has 8 heavy (non-hydrogen) atoms. The smallest absolute Gasteiger partial charge is 0.412 e. The summed E-state index contributed by atoms with van der Waals surface area (Å²) in [4.78, 5) is 0. The molecule has 0 saturated carbocycles. The molecule has 0 bridgehead atoms. The Morgan fingerprint density at radius 2 is 0.375 bits per heavy atom. The predicted octanol–water partition coefficient (Wildman–Crippen LogP) is -4.53. The number of hydrogen-bond acceptors (Lipinski definition) is 0. The number of halogens is 1. The van der Waals surface area contributed by atoms with Crippen LogP contribution in [0.1, 0.15) is 0 Å². The second-order valence-electron chi connectivity index (χ2n) is 0. The zero-order valence-corrected chi connectivity index (χ0v) is 5.68. The minimum absolute atomic E-state index is 0. The molecule has 0 aliphatic heterocycles. The standard InChI is InChI=1S/ClH.Fe.6H2O/h1H;;6*1H2/q;+3;;;;;;. The van der Waals surface area contributed by atoms with Crippen LogP contribution in [-0.4, -0.2) is 32.9 Å². The van der Waals surface area contributed by atoms with E-state index in [9.17, 15) is 0 Å². The van der Waals surface area contributed by atoms with E-state index in [2.05, 4.69) is 0 Å². The van der Waals surface area contributed by atoms with Crippen LogP contribution in [0.4, 0.5) is 0 Å². The Bertz CT molecular complexity index is 8.49. The van der Waals surface area contributed by atoms with Crippen LogP contribution in [0, 0.1) is 0 Å². The maximum absolute atomic E-state index is 0. The fraction of sp³-hybridized carbons (Fsp3) is 0. The van der Waals surface area contributed by atoms with Gasteiger partial charge in [0.15, 0.2) is 0 Å². The van der Waals surface area contributed by atoms with E-state index in [4.69, 9.17) is 0 Å². The Labute approximate surface area is 63.0 Å². The topological polar surface area (TPSA) is 189 Å². The van der Waals surface area contributed by atoms with E-state index in [-0.39, 0.29) is 62.3 Å². The molecule has 0 aromatic heterocycles. The van der Waals surface area contributed by atoms with E-state index in [0.717, 1.165) is 0 Å². The fourth-order valence-corrected chi connectivity index (χ4v) is 0. The van der Waals surface area contributed by atoms with Gasteiger partial charge in [-0.2, -0.15) is 0 Å². The quantitative estimate of drug-likeness (QED) is 0.341. The SMILES string of the molecule is Cl.O.O.O.O.O.O.[Fe+3]. The summed E-state index contributed by atoms with van der Waals surface area (Å²) in [6.45, 7) is 0. The van der Waals surface area contributed by atoms with Gasteiger partial charge < -0.3 is 32.9 Å². The van der Waals surface area contributed by atoms with Crippen molar-refractivity contribution in [2.45, 2.75) is 0 Å². The third kappa shape index (κ3) is 628. The van der Waals surface area contributed by atoms with Crippen molar-refractivity contribution in [3.8, 4) is 0 Å². The van der Waals surface area contributed by atoms with E-state index in [1.165, 1.54) is 0 Å². The van der Waals surface area contributed by atoms with Crippen LogP contribution in [0.15, 0.2) is 0 Å². The van der Waals surface area contributed by atoms with Gasteiger partial charge in [0.05, 0.1) is 0 Å². The average molecular weight is 200 g/mol. The van der Waals surface area contributed by atoms with Gasteiger partial charge in [0.25, 0.3) is 0 Å². The van der Waals surface area contributed by atoms with Crippen LogP contribution in [-0.2, 0) is 17.1 Å².